The Morgan fingerprint density at radius 3 is 2.64 bits per heavy atom. The first-order valence-corrected chi connectivity index (χ1v) is 4.64. The highest BCUT2D eigenvalue weighted by atomic mass is 16.3. The largest absolute Gasteiger partial charge is 0.393 e. The third-order valence-electron chi connectivity index (χ3n) is 2.74. The second kappa shape index (κ2) is 4.07. The van der Waals surface area contributed by atoms with Crippen molar-refractivity contribution >= 4 is 0 Å². The molecule has 11 heavy (non-hydrogen) atoms. The summed E-state index contributed by atoms with van der Waals surface area (Å²) >= 11 is 0. The third kappa shape index (κ3) is 2.80. The van der Waals surface area contributed by atoms with Crippen LogP contribution < -0.4 is 5.73 Å². The first-order valence-electron chi connectivity index (χ1n) is 4.64. The van der Waals surface area contributed by atoms with Crippen LogP contribution >= 0.6 is 0 Å². The predicted octanol–water partition coefficient (Wildman–Crippen LogP) is 1.27. The average Bonchev–Trinajstić information content (AvgIpc) is 2.13. The molecule has 0 aromatic rings. The molecule has 1 aliphatic carbocycles. The summed E-state index contributed by atoms with van der Waals surface area (Å²) in [5.41, 5.74) is 5.82. The van der Waals surface area contributed by atoms with Crippen molar-refractivity contribution in [3.63, 3.8) is 0 Å². The van der Waals surface area contributed by atoms with Crippen molar-refractivity contribution in [3.05, 3.63) is 0 Å². The Balaban J connectivity index is 2.34. The van der Waals surface area contributed by atoms with E-state index < -0.39 is 0 Å². The van der Waals surface area contributed by atoms with Gasteiger partial charge in [-0.2, -0.15) is 0 Å². The lowest BCUT2D eigenvalue weighted by atomic mass is 9.95. The molecule has 2 heteroatoms. The molecule has 2 nitrogen and oxygen atoms in total. The minimum absolute atomic E-state index is 0.139. The van der Waals surface area contributed by atoms with Gasteiger partial charge in [-0.15, -0.1) is 0 Å². The highest BCUT2D eigenvalue weighted by Crippen LogP contribution is 2.24. The van der Waals surface area contributed by atoms with Crippen LogP contribution in [0.5, 0.6) is 0 Å². The summed E-state index contributed by atoms with van der Waals surface area (Å²) in [4.78, 5) is 0. The molecular formula is C9H19NO. The molecular weight excluding hydrogens is 138 g/mol. The minimum atomic E-state index is -0.139. The van der Waals surface area contributed by atoms with Crippen LogP contribution in [0.4, 0.5) is 0 Å². The molecule has 0 aromatic heterocycles. The number of aliphatic hydroxyl groups is 1. The molecule has 66 valence electrons. The normalized spacial score (nSPS) is 36.3. The Labute approximate surface area is 68.8 Å². The van der Waals surface area contributed by atoms with E-state index in [1.807, 2.05) is 6.92 Å². The van der Waals surface area contributed by atoms with E-state index in [-0.39, 0.29) is 6.10 Å². The number of rotatable bonds is 1. The zero-order valence-electron chi connectivity index (χ0n) is 7.29. The van der Waals surface area contributed by atoms with Crippen molar-refractivity contribution in [2.45, 2.75) is 51.2 Å². The van der Waals surface area contributed by atoms with E-state index in [1.54, 1.807) is 0 Å². The first kappa shape index (κ1) is 9.01. The molecule has 3 atom stereocenters. The Bertz CT molecular complexity index is 114. The molecule has 1 aliphatic rings. The average molecular weight is 157 g/mol. The van der Waals surface area contributed by atoms with Crippen molar-refractivity contribution in [1.82, 2.24) is 0 Å². The van der Waals surface area contributed by atoms with Crippen LogP contribution in [0.1, 0.15) is 39.0 Å². The van der Waals surface area contributed by atoms with E-state index in [2.05, 4.69) is 0 Å². The van der Waals surface area contributed by atoms with Gasteiger partial charge in [0.15, 0.2) is 0 Å². The topological polar surface area (TPSA) is 46.2 Å². The smallest absolute Gasteiger partial charge is 0.0540 e. The van der Waals surface area contributed by atoms with Gasteiger partial charge in [0.25, 0.3) is 0 Å². The van der Waals surface area contributed by atoms with E-state index in [0.717, 1.165) is 25.7 Å². The Morgan fingerprint density at radius 1 is 1.27 bits per heavy atom. The highest BCUT2D eigenvalue weighted by Gasteiger charge is 2.19. The Morgan fingerprint density at radius 2 is 2.00 bits per heavy atom. The van der Waals surface area contributed by atoms with Gasteiger partial charge in [-0.1, -0.05) is 6.42 Å². The lowest BCUT2D eigenvalue weighted by Crippen LogP contribution is -2.19. The van der Waals surface area contributed by atoms with Crippen molar-refractivity contribution in [1.29, 1.82) is 0 Å². The van der Waals surface area contributed by atoms with Crippen LogP contribution in [0.2, 0.25) is 0 Å². The van der Waals surface area contributed by atoms with Crippen LogP contribution in [0, 0.1) is 5.92 Å². The molecule has 0 amide bonds. The molecule has 1 fully saturated rings. The van der Waals surface area contributed by atoms with Crippen LogP contribution in [0.15, 0.2) is 0 Å². The molecule has 3 N–H and O–H groups in total. The van der Waals surface area contributed by atoms with Gasteiger partial charge in [-0.25, -0.2) is 0 Å². The van der Waals surface area contributed by atoms with Crippen molar-refractivity contribution in [3.8, 4) is 0 Å². The van der Waals surface area contributed by atoms with Gasteiger partial charge >= 0.3 is 0 Å². The number of nitrogens with two attached hydrogens (primary N) is 1. The molecule has 0 bridgehead atoms. The molecule has 0 heterocycles. The second-order valence-corrected chi connectivity index (χ2v) is 3.77. The zero-order valence-corrected chi connectivity index (χ0v) is 7.29. The molecule has 1 rings (SSSR count). The number of aliphatic hydroxyl groups excluding tert-OH is 1. The SMILES string of the molecule is CC(O)C1CCCC(N)CC1. The summed E-state index contributed by atoms with van der Waals surface area (Å²) in [5, 5.41) is 9.35. The number of hydrogen-bond acceptors (Lipinski definition) is 2. The maximum Gasteiger partial charge on any atom is 0.0540 e. The summed E-state index contributed by atoms with van der Waals surface area (Å²) in [6, 6.07) is 0.388. The summed E-state index contributed by atoms with van der Waals surface area (Å²) in [7, 11) is 0. The predicted molar refractivity (Wildman–Crippen MR) is 46.2 cm³/mol. The van der Waals surface area contributed by atoms with E-state index in [1.165, 1.54) is 6.42 Å². The summed E-state index contributed by atoms with van der Waals surface area (Å²) < 4.78 is 0. The van der Waals surface area contributed by atoms with E-state index in [4.69, 9.17) is 5.73 Å². The van der Waals surface area contributed by atoms with E-state index in [0.29, 0.717) is 12.0 Å². The van der Waals surface area contributed by atoms with Gasteiger partial charge in [-0.3, -0.25) is 0 Å². The second-order valence-electron chi connectivity index (χ2n) is 3.77. The molecule has 0 aromatic carbocycles. The highest BCUT2D eigenvalue weighted by molar-refractivity contribution is 4.74. The van der Waals surface area contributed by atoms with Crippen LogP contribution in [0.25, 0.3) is 0 Å². The Kier molecular flexibility index (Phi) is 3.34. The van der Waals surface area contributed by atoms with Gasteiger partial charge in [0, 0.05) is 6.04 Å². The number of hydrogen-bond donors (Lipinski definition) is 2. The summed E-state index contributed by atoms with van der Waals surface area (Å²) in [6.07, 6.45) is 5.56. The van der Waals surface area contributed by atoms with Crippen LogP contribution in [0.3, 0.4) is 0 Å². The molecule has 1 saturated carbocycles. The van der Waals surface area contributed by atoms with Crippen molar-refractivity contribution in [2.24, 2.45) is 11.7 Å². The Hall–Kier alpha value is -0.0800. The summed E-state index contributed by atoms with van der Waals surface area (Å²) in [5.74, 6) is 0.503. The molecule has 0 saturated heterocycles. The third-order valence-corrected chi connectivity index (χ3v) is 2.74. The van der Waals surface area contributed by atoms with E-state index in [9.17, 15) is 5.11 Å². The first-order chi connectivity index (χ1) is 5.20. The van der Waals surface area contributed by atoms with E-state index >= 15 is 0 Å². The van der Waals surface area contributed by atoms with Gasteiger partial charge in [-0.05, 0) is 38.5 Å². The van der Waals surface area contributed by atoms with Crippen LogP contribution in [-0.2, 0) is 0 Å². The zero-order chi connectivity index (χ0) is 8.27. The summed E-state index contributed by atoms with van der Waals surface area (Å²) in [6.45, 7) is 1.89. The fourth-order valence-electron chi connectivity index (χ4n) is 1.84. The van der Waals surface area contributed by atoms with Gasteiger partial charge in [0.05, 0.1) is 6.10 Å². The lowest BCUT2D eigenvalue weighted by molar-refractivity contribution is 0.116. The molecule has 0 radical (unpaired) electrons. The maximum atomic E-state index is 9.35. The standard InChI is InChI=1S/C9H19NO/c1-7(11)8-3-2-4-9(10)6-5-8/h7-9,11H,2-6,10H2,1H3. The molecule has 0 spiro atoms. The van der Waals surface area contributed by atoms with Gasteiger partial charge in [0.1, 0.15) is 0 Å². The van der Waals surface area contributed by atoms with Crippen LogP contribution in [-0.4, -0.2) is 17.3 Å². The minimum Gasteiger partial charge on any atom is -0.393 e. The lowest BCUT2D eigenvalue weighted by Gasteiger charge is -2.16. The van der Waals surface area contributed by atoms with Gasteiger partial charge < -0.3 is 10.8 Å². The fourth-order valence-corrected chi connectivity index (χ4v) is 1.84. The van der Waals surface area contributed by atoms with Crippen molar-refractivity contribution < 1.29 is 5.11 Å². The fraction of sp³-hybridized carbons (Fsp3) is 1.00. The maximum absolute atomic E-state index is 9.35. The molecule has 0 aliphatic heterocycles. The monoisotopic (exact) mass is 157 g/mol. The molecule has 3 unspecified atom stereocenters. The quantitative estimate of drug-likeness (QED) is 0.563. The van der Waals surface area contributed by atoms with Gasteiger partial charge in [0.2, 0.25) is 0 Å². The van der Waals surface area contributed by atoms with Crippen molar-refractivity contribution in [2.75, 3.05) is 0 Å².